The van der Waals surface area contributed by atoms with Gasteiger partial charge < -0.3 is 14.2 Å². The van der Waals surface area contributed by atoms with Gasteiger partial charge in [0.05, 0.1) is 0 Å². The maximum atomic E-state index is 12.2. The molecule has 2 rings (SSSR count). The summed E-state index contributed by atoms with van der Waals surface area (Å²) in [6.07, 6.45) is 3.40. The minimum Gasteiger partial charge on any atom is -0.413 e. The summed E-state index contributed by atoms with van der Waals surface area (Å²) in [6.45, 7) is 4.60. The lowest BCUT2D eigenvalue weighted by Crippen LogP contribution is -2.34. The van der Waals surface area contributed by atoms with Crippen LogP contribution in [0.2, 0.25) is 0 Å². The second-order valence-corrected chi connectivity index (χ2v) is 5.71. The van der Waals surface area contributed by atoms with E-state index in [1.165, 1.54) is 12.8 Å². The number of aromatic amines is 1. The van der Waals surface area contributed by atoms with Crippen LogP contribution in [0.5, 0.6) is 0 Å². The fourth-order valence-corrected chi connectivity index (χ4v) is 2.63. The minimum atomic E-state index is -0.574. The Hall–Kier alpha value is -1.56. The Morgan fingerprint density at radius 3 is 2.65 bits per heavy atom. The molecule has 0 atom stereocenters. The number of nitrogens with one attached hydrogen (secondary N) is 1. The molecule has 0 unspecified atom stereocenters. The van der Waals surface area contributed by atoms with Gasteiger partial charge in [0.2, 0.25) is 0 Å². The number of carbonyl (C=O) groups excluding carboxylic acids is 1. The van der Waals surface area contributed by atoms with Crippen molar-refractivity contribution in [3.8, 4) is 0 Å². The first-order valence-corrected chi connectivity index (χ1v) is 7.11. The third-order valence-corrected chi connectivity index (χ3v) is 4.10. The zero-order valence-electron chi connectivity index (χ0n) is 12.4. The molecule has 6 heteroatoms. The fraction of sp³-hybridized carbons (Fsp3) is 0.714. The van der Waals surface area contributed by atoms with E-state index in [4.69, 9.17) is 4.42 Å². The Balaban J connectivity index is 1.85. The van der Waals surface area contributed by atoms with Crippen LogP contribution in [0.4, 0.5) is 0 Å². The van der Waals surface area contributed by atoms with E-state index >= 15 is 0 Å². The molecule has 0 spiro atoms. The SMILES string of the molecule is Cc1oc(=O)[nH]c1C(=O)N(C)CCC1CCN(C)CC1. The quantitative estimate of drug-likeness (QED) is 0.896. The predicted octanol–water partition coefficient (Wildman–Crippen LogP) is 1.08. The Morgan fingerprint density at radius 1 is 1.45 bits per heavy atom. The number of likely N-dealkylation sites (tertiary alicyclic amines) is 1. The smallest absolute Gasteiger partial charge is 0.413 e. The molecular weight excluding hydrogens is 258 g/mol. The van der Waals surface area contributed by atoms with Gasteiger partial charge in [0.25, 0.3) is 5.91 Å². The van der Waals surface area contributed by atoms with Gasteiger partial charge in [-0.3, -0.25) is 9.78 Å². The average molecular weight is 281 g/mol. The highest BCUT2D eigenvalue weighted by Crippen LogP contribution is 2.20. The zero-order chi connectivity index (χ0) is 14.7. The second-order valence-electron chi connectivity index (χ2n) is 5.71. The van der Waals surface area contributed by atoms with E-state index in [-0.39, 0.29) is 11.6 Å². The molecular formula is C14H23N3O3. The summed E-state index contributed by atoms with van der Waals surface area (Å²) in [4.78, 5) is 29.7. The van der Waals surface area contributed by atoms with E-state index < -0.39 is 5.76 Å². The van der Waals surface area contributed by atoms with Crippen LogP contribution >= 0.6 is 0 Å². The first-order valence-electron chi connectivity index (χ1n) is 7.11. The highest BCUT2D eigenvalue weighted by Gasteiger charge is 2.21. The topological polar surface area (TPSA) is 69.5 Å². The van der Waals surface area contributed by atoms with E-state index in [0.29, 0.717) is 18.2 Å². The Bertz CT molecular complexity index is 512. The summed E-state index contributed by atoms with van der Waals surface area (Å²) in [7, 11) is 3.91. The first-order chi connectivity index (χ1) is 9.47. The predicted molar refractivity (Wildman–Crippen MR) is 75.9 cm³/mol. The molecule has 0 radical (unpaired) electrons. The molecule has 0 aliphatic carbocycles. The number of rotatable bonds is 4. The number of piperidine rings is 1. The number of H-pyrrole nitrogens is 1. The summed E-state index contributed by atoms with van der Waals surface area (Å²) in [5.74, 6) is 0.285. The maximum absolute atomic E-state index is 12.2. The Kier molecular flexibility index (Phi) is 4.65. The van der Waals surface area contributed by atoms with Crippen LogP contribution < -0.4 is 5.76 Å². The molecule has 6 nitrogen and oxygen atoms in total. The Morgan fingerprint density at radius 2 is 2.10 bits per heavy atom. The molecule has 112 valence electrons. The number of aromatic nitrogens is 1. The van der Waals surface area contributed by atoms with Crippen molar-refractivity contribution in [2.75, 3.05) is 33.7 Å². The molecule has 2 heterocycles. The van der Waals surface area contributed by atoms with Crippen molar-refractivity contribution in [3.05, 3.63) is 22.0 Å². The molecule has 0 bridgehead atoms. The monoisotopic (exact) mass is 281 g/mol. The number of amides is 1. The number of hydrogen-bond donors (Lipinski definition) is 1. The second kappa shape index (κ2) is 6.26. The molecule has 1 aromatic heterocycles. The van der Waals surface area contributed by atoms with Crippen LogP contribution in [0.1, 0.15) is 35.5 Å². The summed E-state index contributed by atoms with van der Waals surface area (Å²) in [6, 6.07) is 0. The van der Waals surface area contributed by atoms with Crippen LogP contribution in [0, 0.1) is 12.8 Å². The number of nitrogens with zero attached hydrogens (tertiary/aromatic N) is 2. The molecule has 20 heavy (non-hydrogen) atoms. The normalized spacial score (nSPS) is 17.4. The molecule has 1 fully saturated rings. The van der Waals surface area contributed by atoms with E-state index in [2.05, 4.69) is 16.9 Å². The number of hydrogen-bond acceptors (Lipinski definition) is 4. The minimum absolute atomic E-state index is 0.179. The van der Waals surface area contributed by atoms with Crippen molar-refractivity contribution in [1.29, 1.82) is 0 Å². The third-order valence-electron chi connectivity index (χ3n) is 4.10. The lowest BCUT2D eigenvalue weighted by molar-refractivity contribution is 0.0773. The molecule has 1 aliphatic rings. The van der Waals surface area contributed by atoms with E-state index in [9.17, 15) is 9.59 Å². The summed E-state index contributed by atoms with van der Waals surface area (Å²) in [5.41, 5.74) is 0.265. The van der Waals surface area contributed by atoms with Crippen LogP contribution in [-0.2, 0) is 0 Å². The third kappa shape index (κ3) is 3.50. The molecule has 0 saturated carbocycles. The fourth-order valence-electron chi connectivity index (χ4n) is 2.63. The van der Waals surface area contributed by atoms with Crippen LogP contribution in [0.15, 0.2) is 9.21 Å². The van der Waals surface area contributed by atoms with Gasteiger partial charge in [-0.25, -0.2) is 4.79 Å². The van der Waals surface area contributed by atoms with Crippen molar-refractivity contribution in [2.45, 2.75) is 26.2 Å². The largest absolute Gasteiger partial charge is 0.417 e. The molecule has 1 saturated heterocycles. The molecule has 1 N–H and O–H groups in total. The van der Waals surface area contributed by atoms with Gasteiger partial charge in [0.15, 0.2) is 0 Å². The van der Waals surface area contributed by atoms with Crippen LogP contribution in [-0.4, -0.2) is 54.4 Å². The van der Waals surface area contributed by atoms with E-state index in [1.54, 1.807) is 18.9 Å². The Labute approximate surface area is 118 Å². The summed E-state index contributed by atoms with van der Waals surface area (Å²) >= 11 is 0. The standard InChI is InChI=1S/C14H23N3O3/c1-10-12(15-14(19)20-10)13(18)17(3)9-6-11-4-7-16(2)8-5-11/h11H,4-9H2,1-3H3,(H,15,19). The van der Waals surface area contributed by atoms with Gasteiger partial charge in [-0.15, -0.1) is 0 Å². The van der Waals surface area contributed by atoms with Gasteiger partial charge in [-0.2, -0.15) is 0 Å². The molecule has 0 aromatic carbocycles. The van der Waals surface area contributed by atoms with Gasteiger partial charge in [0, 0.05) is 13.6 Å². The number of oxazole rings is 1. The van der Waals surface area contributed by atoms with Crippen molar-refractivity contribution < 1.29 is 9.21 Å². The number of carbonyl (C=O) groups is 1. The lowest BCUT2D eigenvalue weighted by Gasteiger charge is -2.30. The van der Waals surface area contributed by atoms with Crippen molar-refractivity contribution in [3.63, 3.8) is 0 Å². The average Bonchev–Trinajstić information content (AvgIpc) is 2.76. The lowest BCUT2D eigenvalue weighted by atomic mass is 9.94. The summed E-state index contributed by atoms with van der Waals surface area (Å²) in [5, 5.41) is 0. The molecule has 1 amide bonds. The first kappa shape index (κ1) is 14.8. The van der Waals surface area contributed by atoms with E-state index in [0.717, 1.165) is 19.5 Å². The zero-order valence-corrected chi connectivity index (χ0v) is 12.4. The van der Waals surface area contributed by atoms with Crippen molar-refractivity contribution >= 4 is 5.91 Å². The van der Waals surface area contributed by atoms with Crippen LogP contribution in [0.3, 0.4) is 0 Å². The summed E-state index contributed by atoms with van der Waals surface area (Å²) < 4.78 is 4.83. The van der Waals surface area contributed by atoms with Gasteiger partial charge in [0.1, 0.15) is 11.5 Å². The van der Waals surface area contributed by atoms with Crippen LogP contribution in [0.25, 0.3) is 0 Å². The highest BCUT2D eigenvalue weighted by atomic mass is 16.4. The van der Waals surface area contributed by atoms with Gasteiger partial charge in [-0.05, 0) is 52.2 Å². The molecule has 1 aromatic rings. The molecule has 1 aliphatic heterocycles. The maximum Gasteiger partial charge on any atom is 0.417 e. The number of aryl methyl sites for hydroxylation is 1. The van der Waals surface area contributed by atoms with Crippen molar-refractivity contribution in [1.82, 2.24) is 14.8 Å². The van der Waals surface area contributed by atoms with Gasteiger partial charge >= 0.3 is 5.76 Å². The van der Waals surface area contributed by atoms with E-state index in [1.807, 2.05) is 0 Å². The van der Waals surface area contributed by atoms with Crippen molar-refractivity contribution in [2.24, 2.45) is 5.92 Å². The van der Waals surface area contributed by atoms with Gasteiger partial charge in [-0.1, -0.05) is 0 Å². The highest BCUT2D eigenvalue weighted by molar-refractivity contribution is 5.92.